The second-order valence-electron chi connectivity index (χ2n) is 10.5. The van der Waals surface area contributed by atoms with Crippen LogP contribution in [0.4, 0.5) is 0 Å². The molecule has 3 N–H and O–H groups in total. The molecule has 0 aliphatic heterocycles. The van der Waals surface area contributed by atoms with Gasteiger partial charge in [-0.1, -0.05) is 93.2 Å². The number of benzene rings is 3. The molecule has 0 aliphatic carbocycles. The van der Waals surface area contributed by atoms with E-state index in [4.69, 9.17) is 0 Å². The Morgan fingerprint density at radius 2 is 1.43 bits per heavy atom. The average Bonchev–Trinajstić information content (AvgIpc) is 3.64. The van der Waals surface area contributed by atoms with E-state index in [2.05, 4.69) is 53.3 Å². The van der Waals surface area contributed by atoms with E-state index in [-0.39, 0.29) is 16.9 Å². The van der Waals surface area contributed by atoms with Gasteiger partial charge in [0, 0.05) is 17.0 Å². The standard InChI is InChI=1S/C30H32N6O3S/c1-30(2,3)21-16-14-20(15-17-21)28-32-33-29(35(28)22-10-6-4-7-11-22)40-19-25(37)27(39)26(38)24-18-31-36(34-24)23-12-8-5-9-13-23/h4-18,25-27,37-39H,19H2,1-3H3/t25-,26+,27-/m0/s1. The number of para-hydroxylation sites is 2. The van der Waals surface area contributed by atoms with Crippen molar-refractivity contribution < 1.29 is 15.3 Å². The maximum absolute atomic E-state index is 10.8. The average molecular weight is 557 g/mol. The summed E-state index contributed by atoms with van der Waals surface area (Å²) in [5, 5.41) is 50.1. The molecule has 0 radical (unpaired) electrons. The van der Waals surface area contributed by atoms with Crippen molar-refractivity contribution in [2.45, 2.75) is 49.7 Å². The first kappa shape index (κ1) is 27.7. The third kappa shape index (κ3) is 6.00. The van der Waals surface area contributed by atoms with Crippen LogP contribution in [0.5, 0.6) is 0 Å². The molecular formula is C30H32N6O3S. The molecule has 0 saturated heterocycles. The summed E-state index contributed by atoms with van der Waals surface area (Å²) in [5.41, 5.74) is 3.91. The van der Waals surface area contributed by atoms with Crippen molar-refractivity contribution in [3.8, 4) is 22.8 Å². The first-order valence-corrected chi connectivity index (χ1v) is 14.0. The Balaban J connectivity index is 1.33. The Morgan fingerprint density at radius 3 is 2.05 bits per heavy atom. The lowest BCUT2D eigenvalue weighted by Crippen LogP contribution is -2.34. The van der Waals surface area contributed by atoms with Crippen molar-refractivity contribution in [2.24, 2.45) is 0 Å². The summed E-state index contributed by atoms with van der Waals surface area (Å²) >= 11 is 1.24. The van der Waals surface area contributed by atoms with Crippen LogP contribution in [-0.4, -0.2) is 63.0 Å². The number of rotatable bonds is 9. The molecule has 206 valence electrons. The number of aliphatic hydroxyl groups excluding tert-OH is 3. The molecule has 5 rings (SSSR count). The van der Waals surface area contributed by atoms with Gasteiger partial charge in [0.15, 0.2) is 11.0 Å². The van der Waals surface area contributed by atoms with E-state index in [0.717, 1.165) is 16.9 Å². The maximum atomic E-state index is 10.8. The molecule has 0 fully saturated rings. The van der Waals surface area contributed by atoms with Gasteiger partial charge in [-0.05, 0) is 35.2 Å². The SMILES string of the molecule is CC(C)(C)c1ccc(-c2nnc(SC[C@H](O)[C@H](O)[C@H](O)c3cnn(-c4ccccc4)n3)n2-c2ccccc2)cc1. The largest absolute Gasteiger partial charge is 0.389 e. The lowest BCUT2D eigenvalue weighted by molar-refractivity contribution is -0.0531. The first-order valence-electron chi connectivity index (χ1n) is 13.0. The minimum atomic E-state index is -1.48. The minimum Gasteiger partial charge on any atom is -0.389 e. The summed E-state index contributed by atoms with van der Waals surface area (Å²) in [7, 11) is 0. The highest BCUT2D eigenvalue weighted by Crippen LogP contribution is 2.31. The fourth-order valence-corrected chi connectivity index (χ4v) is 5.16. The van der Waals surface area contributed by atoms with Crippen LogP contribution in [0.15, 0.2) is 96.3 Å². The van der Waals surface area contributed by atoms with Gasteiger partial charge in [-0.15, -0.1) is 10.2 Å². The Bertz CT molecular complexity index is 1530. The first-order chi connectivity index (χ1) is 19.2. The normalized spacial score (nSPS) is 14.2. The van der Waals surface area contributed by atoms with Gasteiger partial charge in [0.25, 0.3) is 0 Å². The number of hydrogen-bond acceptors (Lipinski definition) is 8. The molecule has 0 aliphatic rings. The topological polar surface area (TPSA) is 122 Å². The van der Waals surface area contributed by atoms with Gasteiger partial charge in [0.1, 0.15) is 17.9 Å². The predicted octanol–water partition coefficient (Wildman–Crippen LogP) is 4.36. The minimum absolute atomic E-state index is 0.0317. The molecule has 40 heavy (non-hydrogen) atoms. The third-order valence-electron chi connectivity index (χ3n) is 6.56. The van der Waals surface area contributed by atoms with Crippen molar-refractivity contribution in [2.75, 3.05) is 5.75 Å². The van der Waals surface area contributed by atoms with Crippen molar-refractivity contribution in [1.29, 1.82) is 0 Å². The molecule has 10 heteroatoms. The van der Waals surface area contributed by atoms with Crippen LogP contribution in [0.1, 0.15) is 38.1 Å². The molecule has 5 aromatic rings. The molecular weight excluding hydrogens is 524 g/mol. The summed E-state index contributed by atoms with van der Waals surface area (Å²) in [6.45, 7) is 6.52. The molecule has 0 unspecified atom stereocenters. The second kappa shape index (κ2) is 11.7. The van der Waals surface area contributed by atoms with Crippen LogP contribution in [0.25, 0.3) is 22.8 Å². The summed E-state index contributed by atoms with van der Waals surface area (Å²) in [5.74, 6) is 0.737. The quantitative estimate of drug-likeness (QED) is 0.229. The molecule has 0 spiro atoms. The van der Waals surface area contributed by atoms with Crippen molar-refractivity contribution in [3.63, 3.8) is 0 Å². The molecule has 3 atom stereocenters. The number of hydrogen-bond donors (Lipinski definition) is 3. The van der Waals surface area contributed by atoms with Gasteiger partial charge in [-0.3, -0.25) is 4.57 Å². The van der Waals surface area contributed by atoms with E-state index in [1.54, 1.807) is 0 Å². The van der Waals surface area contributed by atoms with E-state index >= 15 is 0 Å². The summed E-state index contributed by atoms with van der Waals surface area (Å²) in [4.78, 5) is 1.37. The number of aromatic nitrogens is 6. The molecule has 9 nitrogen and oxygen atoms in total. The predicted molar refractivity (Wildman–Crippen MR) is 155 cm³/mol. The summed E-state index contributed by atoms with van der Waals surface area (Å²) in [6.07, 6.45) is -2.79. The van der Waals surface area contributed by atoms with Gasteiger partial charge in [0.05, 0.1) is 18.0 Å². The molecule has 0 saturated carbocycles. The van der Waals surface area contributed by atoms with Gasteiger partial charge in [-0.25, -0.2) is 0 Å². The fraction of sp³-hybridized carbons (Fsp3) is 0.267. The highest BCUT2D eigenvalue weighted by molar-refractivity contribution is 7.99. The maximum Gasteiger partial charge on any atom is 0.196 e. The highest BCUT2D eigenvalue weighted by atomic mass is 32.2. The van der Waals surface area contributed by atoms with Crippen LogP contribution in [0, 0.1) is 0 Å². The molecule has 3 aromatic carbocycles. The van der Waals surface area contributed by atoms with Gasteiger partial charge >= 0.3 is 0 Å². The van der Waals surface area contributed by atoms with E-state index < -0.39 is 18.3 Å². The van der Waals surface area contributed by atoms with E-state index in [1.807, 2.05) is 77.4 Å². The van der Waals surface area contributed by atoms with Crippen molar-refractivity contribution in [1.82, 2.24) is 29.8 Å². The van der Waals surface area contributed by atoms with Crippen molar-refractivity contribution >= 4 is 11.8 Å². The van der Waals surface area contributed by atoms with Gasteiger partial charge < -0.3 is 15.3 Å². The zero-order valence-electron chi connectivity index (χ0n) is 22.5. The summed E-state index contributed by atoms with van der Waals surface area (Å²) < 4.78 is 1.93. The Labute approximate surface area is 237 Å². The Hall–Kier alpha value is -3.83. The van der Waals surface area contributed by atoms with Crippen LogP contribution in [-0.2, 0) is 5.41 Å². The monoisotopic (exact) mass is 556 g/mol. The van der Waals surface area contributed by atoms with Crippen LogP contribution in [0.3, 0.4) is 0 Å². The highest BCUT2D eigenvalue weighted by Gasteiger charge is 2.29. The lowest BCUT2D eigenvalue weighted by Gasteiger charge is -2.21. The van der Waals surface area contributed by atoms with Gasteiger partial charge in [-0.2, -0.15) is 15.0 Å². The number of aliphatic hydroxyl groups is 3. The Morgan fingerprint density at radius 1 is 0.800 bits per heavy atom. The molecule has 0 amide bonds. The lowest BCUT2D eigenvalue weighted by atomic mass is 9.87. The van der Waals surface area contributed by atoms with Crippen LogP contribution >= 0.6 is 11.8 Å². The zero-order valence-corrected chi connectivity index (χ0v) is 23.3. The zero-order chi connectivity index (χ0) is 28.3. The van der Waals surface area contributed by atoms with Crippen LogP contribution in [0.2, 0.25) is 0 Å². The molecule has 2 heterocycles. The van der Waals surface area contributed by atoms with E-state index in [9.17, 15) is 15.3 Å². The van der Waals surface area contributed by atoms with Crippen LogP contribution < -0.4 is 0 Å². The van der Waals surface area contributed by atoms with Gasteiger partial charge in [0.2, 0.25) is 0 Å². The van der Waals surface area contributed by atoms with Crippen molar-refractivity contribution in [3.05, 3.63) is 102 Å². The Kier molecular flexibility index (Phi) is 8.13. The number of thioether (sulfide) groups is 1. The van der Waals surface area contributed by atoms with E-state index in [0.29, 0.717) is 11.0 Å². The summed E-state index contributed by atoms with van der Waals surface area (Å²) in [6, 6.07) is 27.3. The second-order valence-corrected chi connectivity index (χ2v) is 11.5. The van der Waals surface area contributed by atoms with E-state index in [1.165, 1.54) is 28.3 Å². The fourth-order valence-electron chi connectivity index (χ4n) is 4.22. The smallest absolute Gasteiger partial charge is 0.196 e. The number of nitrogens with zero attached hydrogens (tertiary/aromatic N) is 6. The molecule has 0 bridgehead atoms. The molecule has 2 aromatic heterocycles. The third-order valence-corrected chi connectivity index (χ3v) is 7.59.